The van der Waals surface area contributed by atoms with Crippen LogP contribution in [0.1, 0.15) is 57.4 Å². The summed E-state index contributed by atoms with van der Waals surface area (Å²) in [5.41, 5.74) is 0.373. The summed E-state index contributed by atoms with van der Waals surface area (Å²) in [5, 5.41) is 13.1. The van der Waals surface area contributed by atoms with Crippen LogP contribution in [0.2, 0.25) is 0 Å². The molecule has 0 aliphatic heterocycles. The van der Waals surface area contributed by atoms with Gasteiger partial charge >= 0.3 is 5.97 Å². The van der Waals surface area contributed by atoms with Gasteiger partial charge in [-0.15, -0.1) is 0 Å². The number of nitrogens with one attached hydrogen (secondary N) is 1. The molecular formula is C18H27NO2. The van der Waals surface area contributed by atoms with Crippen molar-refractivity contribution in [3.8, 4) is 0 Å². The van der Waals surface area contributed by atoms with Crippen LogP contribution in [0.25, 0.3) is 0 Å². The quantitative estimate of drug-likeness (QED) is 0.784. The number of hydrogen-bond acceptors (Lipinski definition) is 2. The first-order chi connectivity index (χ1) is 10.1. The summed E-state index contributed by atoms with van der Waals surface area (Å²) in [4.78, 5) is 11.7. The summed E-state index contributed by atoms with van der Waals surface area (Å²) in [6, 6.07) is 10.5. The Labute approximate surface area is 127 Å². The number of carboxylic acids is 1. The Morgan fingerprint density at radius 2 is 1.81 bits per heavy atom. The normalized spacial score (nSPS) is 19.7. The van der Waals surface area contributed by atoms with Crippen molar-refractivity contribution in [3.05, 3.63) is 35.9 Å². The zero-order valence-corrected chi connectivity index (χ0v) is 13.0. The van der Waals surface area contributed by atoms with Gasteiger partial charge in [0.05, 0.1) is 0 Å². The highest BCUT2D eigenvalue weighted by Gasteiger charge is 2.34. The number of carbonyl (C=O) groups is 1. The summed E-state index contributed by atoms with van der Waals surface area (Å²) < 4.78 is 0. The first-order valence-corrected chi connectivity index (χ1v) is 8.15. The third-order valence-electron chi connectivity index (χ3n) is 4.61. The fraction of sp³-hybridized carbons (Fsp3) is 0.611. The standard InChI is InChI=1S/C18H27NO2/c1-18(17(20)21,14-13-15-9-5-4-6-10-15)19-16-11-7-2-3-8-12-16/h4-6,9-10,16,19H,2-3,7-8,11-14H2,1H3,(H,20,21). The van der Waals surface area contributed by atoms with E-state index < -0.39 is 11.5 Å². The van der Waals surface area contributed by atoms with Gasteiger partial charge in [-0.1, -0.05) is 56.0 Å². The molecule has 1 aromatic carbocycles. The van der Waals surface area contributed by atoms with Crippen molar-refractivity contribution in [2.45, 2.75) is 69.9 Å². The third-order valence-corrected chi connectivity index (χ3v) is 4.61. The highest BCUT2D eigenvalue weighted by Crippen LogP contribution is 2.22. The van der Waals surface area contributed by atoms with Crippen LogP contribution in [-0.4, -0.2) is 22.7 Å². The van der Waals surface area contributed by atoms with E-state index in [0.29, 0.717) is 12.5 Å². The highest BCUT2D eigenvalue weighted by molar-refractivity contribution is 5.78. The molecule has 116 valence electrons. The number of benzene rings is 1. The van der Waals surface area contributed by atoms with Crippen LogP contribution >= 0.6 is 0 Å². The first kappa shape index (κ1) is 16.0. The molecule has 3 nitrogen and oxygen atoms in total. The van der Waals surface area contributed by atoms with E-state index in [1.165, 1.54) is 31.2 Å². The molecule has 2 N–H and O–H groups in total. The molecule has 1 unspecified atom stereocenters. The van der Waals surface area contributed by atoms with Gasteiger partial charge in [0.25, 0.3) is 0 Å². The molecule has 1 aliphatic rings. The largest absolute Gasteiger partial charge is 0.480 e. The lowest BCUT2D eigenvalue weighted by Gasteiger charge is -2.31. The van der Waals surface area contributed by atoms with E-state index in [1.807, 2.05) is 25.1 Å². The predicted octanol–water partition coefficient (Wildman–Crippen LogP) is 3.77. The maximum absolute atomic E-state index is 11.7. The summed E-state index contributed by atoms with van der Waals surface area (Å²) >= 11 is 0. The van der Waals surface area contributed by atoms with Crippen LogP contribution in [0, 0.1) is 0 Å². The zero-order chi connectivity index (χ0) is 15.1. The number of rotatable bonds is 6. The number of carboxylic acid groups (broad SMARTS) is 1. The van der Waals surface area contributed by atoms with Crippen LogP contribution < -0.4 is 5.32 Å². The Balaban J connectivity index is 1.96. The van der Waals surface area contributed by atoms with Crippen LogP contribution in [0.15, 0.2) is 30.3 Å². The van der Waals surface area contributed by atoms with E-state index in [9.17, 15) is 9.90 Å². The minimum absolute atomic E-state index is 0.351. The Morgan fingerprint density at radius 3 is 2.38 bits per heavy atom. The van der Waals surface area contributed by atoms with Crippen molar-refractivity contribution in [2.24, 2.45) is 0 Å². The second kappa shape index (κ2) is 7.60. The van der Waals surface area contributed by atoms with Gasteiger partial charge in [0.2, 0.25) is 0 Å². The minimum Gasteiger partial charge on any atom is -0.480 e. The minimum atomic E-state index is -0.829. The molecule has 21 heavy (non-hydrogen) atoms. The van der Waals surface area contributed by atoms with Gasteiger partial charge in [0.1, 0.15) is 5.54 Å². The Bertz CT molecular complexity index is 438. The molecule has 1 aliphatic carbocycles. The average molecular weight is 289 g/mol. The third kappa shape index (κ3) is 4.85. The van der Waals surface area contributed by atoms with Crippen molar-refractivity contribution in [1.82, 2.24) is 5.32 Å². The maximum Gasteiger partial charge on any atom is 0.323 e. The fourth-order valence-corrected chi connectivity index (χ4v) is 3.15. The average Bonchev–Trinajstić information content (AvgIpc) is 2.75. The Kier molecular flexibility index (Phi) is 5.80. The van der Waals surface area contributed by atoms with Crippen LogP contribution in [-0.2, 0) is 11.2 Å². The molecule has 1 fully saturated rings. The van der Waals surface area contributed by atoms with E-state index in [1.54, 1.807) is 0 Å². The van der Waals surface area contributed by atoms with Crippen molar-refractivity contribution in [2.75, 3.05) is 0 Å². The number of hydrogen-bond donors (Lipinski definition) is 2. The molecule has 0 radical (unpaired) electrons. The van der Waals surface area contributed by atoms with Gasteiger partial charge < -0.3 is 5.11 Å². The molecule has 0 spiro atoms. The monoisotopic (exact) mass is 289 g/mol. The van der Waals surface area contributed by atoms with Gasteiger partial charge in [0.15, 0.2) is 0 Å². The second-order valence-electron chi connectivity index (χ2n) is 6.46. The van der Waals surface area contributed by atoms with E-state index in [-0.39, 0.29) is 0 Å². The van der Waals surface area contributed by atoms with E-state index >= 15 is 0 Å². The summed E-state index contributed by atoms with van der Waals surface area (Å²) in [6.07, 6.45) is 8.63. The van der Waals surface area contributed by atoms with Crippen LogP contribution in [0.5, 0.6) is 0 Å². The van der Waals surface area contributed by atoms with Gasteiger partial charge in [-0.05, 0) is 38.2 Å². The van der Waals surface area contributed by atoms with Gasteiger partial charge in [0, 0.05) is 6.04 Å². The maximum atomic E-state index is 11.7. The smallest absolute Gasteiger partial charge is 0.323 e. The van der Waals surface area contributed by atoms with E-state index in [0.717, 1.165) is 19.3 Å². The van der Waals surface area contributed by atoms with Crippen LogP contribution in [0.4, 0.5) is 0 Å². The van der Waals surface area contributed by atoms with Crippen molar-refractivity contribution in [3.63, 3.8) is 0 Å². The molecule has 0 heterocycles. The zero-order valence-electron chi connectivity index (χ0n) is 13.0. The molecule has 0 amide bonds. The first-order valence-electron chi connectivity index (χ1n) is 8.15. The molecule has 1 atom stereocenters. The second-order valence-corrected chi connectivity index (χ2v) is 6.46. The molecule has 1 saturated carbocycles. The SMILES string of the molecule is CC(CCc1ccccc1)(NC1CCCCCC1)C(=O)O. The molecule has 0 bridgehead atoms. The Hall–Kier alpha value is -1.35. The molecule has 0 saturated heterocycles. The van der Waals surface area contributed by atoms with Gasteiger partial charge in [-0.2, -0.15) is 0 Å². The van der Waals surface area contributed by atoms with E-state index in [4.69, 9.17) is 0 Å². The predicted molar refractivity (Wildman–Crippen MR) is 85.4 cm³/mol. The van der Waals surface area contributed by atoms with Gasteiger partial charge in [-0.25, -0.2) is 0 Å². The highest BCUT2D eigenvalue weighted by atomic mass is 16.4. The number of aliphatic carboxylic acids is 1. The lowest BCUT2D eigenvalue weighted by Crippen LogP contribution is -2.54. The topological polar surface area (TPSA) is 49.3 Å². The van der Waals surface area contributed by atoms with Gasteiger partial charge in [-0.3, -0.25) is 10.1 Å². The Morgan fingerprint density at radius 1 is 1.19 bits per heavy atom. The summed E-state index contributed by atoms with van der Waals surface area (Å²) in [5.74, 6) is -0.734. The fourth-order valence-electron chi connectivity index (χ4n) is 3.15. The molecule has 3 heteroatoms. The van der Waals surface area contributed by atoms with Crippen molar-refractivity contribution < 1.29 is 9.90 Å². The molecular weight excluding hydrogens is 262 g/mol. The molecule has 1 aromatic rings. The lowest BCUT2D eigenvalue weighted by molar-refractivity contribution is -0.144. The van der Waals surface area contributed by atoms with Crippen LogP contribution in [0.3, 0.4) is 0 Å². The number of aryl methyl sites for hydroxylation is 1. The summed E-state index contributed by atoms with van der Waals surface area (Å²) in [7, 11) is 0. The molecule has 2 rings (SSSR count). The van der Waals surface area contributed by atoms with Crippen molar-refractivity contribution in [1.29, 1.82) is 0 Å². The van der Waals surface area contributed by atoms with Crippen molar-refractivity contribution >= 4 is 5.97 Å². The lowest BCUT2D eigenvalue weighted by atomic mass is 9.91. The van der Waals surface area contributed by atoms with E-state index in [2.05, 4.69) is 17.4 Å². The summed E-state index contributed by atoms with van der Waals surface area (Å²) in [6.45, 7) is 1.84. The molecule has 0 aromatic heterocycles.